The van der Waals surface area contributed by atoms with E-state index in [-0.39, 0.29) is 41.3 Å². The van der Waals surface area contributed by atoms with Crippen LogP contribution in [0, 0.1) is 34.5 Å². The first-order valence-electron chi connectivity index (χ1n) is 11.8. The number of carbonyl (C=O) groups is 3. The van der Waals surface area contributed by atoms with E-state index in [4.69, 9.17) is 9.47 Å². The first-order chi connectivity index (χ1) is 14.6. The van der Waals surface area contributed by atoms with E-state index in [0.717, 1.165) is 38.5 Å². The number of hydrogen-bond donors (Lipinski definition) is 1. The molecular formula is C25H36O6. The van der Waals surface area contributed by atoms with Gasteiger partial charge in [0.1, 0.15) is 18.8 Å². The first kappa shape index (κ1) is 22.5. The van der Waals surface area contributed by atoms with E-state index in [2.05, 4.69) is 19.9 Å². The van der Waals surface area contributed by atoms with Gasteiger partial charge in [0.2, 0.25) is 0 Å². The van der Waals surface area contributed by atoms with E-state index in [1.807, 2.05) is 0 Å². The van der Waals surface area contributed by atoms with Crippen molar-refractivity contribution in [2.45, 2.75) is 84.8 Å². The lowest BCUT2D eigenvalue weighted by Crippen LogP contribution is -2.57. The van der Waals surface area contributed by atoms with Crippen LogP contribution in [0.5, 0.6) is 0 Å². The van der Waals surface area contributed by atoms with Gasteiger partial charge in [-0.05, 0) is 68.1 Å². The number of carbonyl (C=O) groups excluding carboxylic acids is 3. The molecule has 8 atom stereocenters. The van der Waals surface area contributed by atoms with Crippen molar-refractivity contribution < 1.29 is 29.0 Å². The Balaban J connectivity index is 1.65. The van der Waals surface area contributed by atoms with Crippen LogP contribution in [0.1, 0.15) is 72.6 Å². The third kappa shape index (κ3) is 3.55. The zero-order valence-corrected chi connectivity index (χ0v) is 19.2. The molecule has 31 heavy (non-hydrogen) atoms. The molecule has 0 radical (unpaired) electrons. The minimum Gasteiger partial charge on any atom is -0.463 e. The predicted octanol–water partition coefficient (Wildman–Crippen LogP) is 3.60. The van der Waals surface area contributed by atoms with Gasteiger partial charge in [0, 0.05) is 25.2 Å². The number of fused-ring (bicyclic) bond motifs is 5. The molecule has 0 spiro atoms. The molecule has 6 nitrogen and oxygen atoms in total. The van der Waals surface area contributed by atoms with Crippen LogP contribution < -0.4 is 0 Å². The number of Topliss-reactive ketones (excluding diaryl/α,β-unsaturated/α-hetero) is 1. The van der Waals surface area contributed by atoms with Crippen molar-refractivity contribution in [3.8, 4) is 0 Å². The first-order valence-corrected chi connectivity index (χ1v) is 11.8. The number of esters is 2. The molecule has 0 aromatic heterocycles. The Bertz CT molecular complexity index is 802. The van der Waals surface area contributed by atoms with Crippen molar-refractivity contribution in [3.63, 3.8) is 0 Å². The highest BCUT2D eigenvalue weighted by Crippen LogP contribution is 2.66. The average Bonchev–Trinajstić information content (AvgIpc) is 3.06. The van der Waals surface area contributed by atoms with E-state index in [9.17, 15) is 19.5 Å². The molecule has 0 aromatic rings. The highest BCUT2D eigenvalue weighted by Gasteiger charge is 2.62. The highest BCUT2D eigenvalue weighted by molar-refractivity contribution is 5.84. The van der Waals surface area contributed by atoms with Gasteiger partial charge in [-0.2, -0.15) is 0 Å². The molecule has 172 valence electrons. The van der Waals surface area contributed by atoms with Crippen LogP contribution in [0.3, 0.4) is 0 Å². The van der Waals surface area contributed by atoms with Gasteiger partial charge in [0.15, 0.2) is 5.78 Å². The fourth-order valence-electron chi connectivity index (χ4n) is 7.80. The van der Waals surface area contributed by atoms with Crippen LogP contribution in [-0.4, -0.2) is 41.6 Å². The Morgan fingerprint density at radius 3 is 2.42 bits per heavy atom. The predicted molar refractivity (Wildman–Crippen MR) is 114 cm³/mol. The minimum atomic E-state index is -0.537. The van der Waals surface area contributed by atoms with E-state index in [1.165, 1.54) is 19.4 Å². The second kappa shape index (κ2) is 8.02. The molecule has 4 rings (SSSR count). The molecule has 0 saturated heterocycles. The SMILES string of the molecule is CC(=O)OC1CC[C@@]2(C)C(CC[C@H]3C4=CC[C@H](C(=O)CO)[C@@]4(C)C(OC(C)=O)C[C@@H]32)C1. The third-order valence-electron chi connectivity index (χ3n) is 9.28. The normalized spacial score (nSPS) is 43.7. The van der Waals surface area contributed by atoms with Crippen LogP contribution in [0.15, 0.2) is 11.6 Å². The van der Waals surface area contributed by atoms with Crippen molar-refractivity contribution in [2.75, 3.05) is 6.61 Å². The smallest absolute Gasteiger partial charge is 0.302 e. The number of aliphatic hydroxyl groups excluding tert-OH is 1. The zero-order chi connectivity index (χ0) is 22.6. The van der Waals surface area contributed by atoms with E-state index in [0.29, 0.717) is 24.2 Å². The quantitative estimate of drug-likeness (QED) is 0.539. The van der Waals surface area contributed by atoms with E-state index < -0.39 is 12.0 Å². The van der Waals surface area contributed by atoms with Crippen molar-refractivity contribution in [1.29, 1.82) is 0 Å². The van der Waals surface area contributed by atoms with Gasteiger partial charge < -0.3 is 14.6 Å². The fourth-order valence-corrected chi connectivity index (χ4v) is 7.80. The summed E-state index contributed by atoms with van der Waals surface area (Å²) in [7, 11) is 0. The van der Waals surface area contributed by atoms with Crippen molar-refractivity contribution >= 4 is 17.7 Å². The Kier molecular flexibility index (Phi) is 5.82. The molecule has 4 aliphatic carbocycles. The van der Waals surface area contributed by atoms with Gasteiger partial charge in [0.25, 0.3) is 0 Å². The largest absolute Gasteiger partial charge is 0.463 e. The van der Waals surface area contributed by atoms with Crippen molar-refractivity contribution in [3.05, 3.63) is 11.6 Å². The number of ketones is 1. The Labute approximate surface area is 184 Å². The Hall–Kier alpha value is -1.69. The van der Waals surface area contributed by atoms with E-state index in [1.54, 1.807) is 0 Å². The standard InChI is InChI=1S/C25H36O6/c1-14(27)30-17-9-10-24(3)16(11-17)5-6-18-19-7-8-20(22(29)13-26)25(19,4)23(12-21(18)24)31-15(2)28/h7,16-18,20-21,23,26H,5-6,8-13H2,1-4H3/t16?,17?,18-,20+,21-,23?,24-,25-/m0/s1. The molecule has 3 fully saturated rings. The van der Waals surface area contributed by atoms with Crippen LogP contribution in [0.4, 0.5) is 0 Å². The van der Waals surface area contributed by atoms with Crippen molar-refractivity contribution in [2.24, 2.45) is 34.5 Å². The summed E-state index contributed by atoms with van der Waals surface area (Å²) in [6.45, 7) is 6.89. The lowest BCUT2D eigenvalue weighted by Gasteiger charge is -2.61. The zero-order valence-electron chi connectivity index (χ0n) is 19.2. The van der Waals surface area contributed by atoms with Gasteiger partial charge >= 0.3 is 11.9 Å². The van der Waals surface area contributed by atoms with Crippen LogP contribution >= 0.6 is 0 Å². The molecule has 3 saturated carbocycles. The maximum absolute atomic E-state index is 12.6. The summed E-state index contributed by atoms with van der Waals surface area (Å²) in [5.41, 5.74) is 0.827. The summed E-state index contributed by atoms with van der Waals surface area (Å²) in [4.78, 5) is 36.1. The Morgan fingerprint density at radius 1 is 1.06 bits per heavy atom. The van der Waals surface area contributed by atoms with Crippen LogP contribution in [0.25, 0.3) is 0 Å². The lowest BCUT2D eigenvalue weighted by molar-refractivity contribution is -0.172. The summed E-state index contributed by atoms with van der Waals surface area (Å²) < 4.78 is 11.4. The molecule has 0 amide bonds. The summed E-state index contributed by atoms with van der Waals surface area (Å²) in [6.07, 6.45) is 8.11. The molecule has 0 heterocycles. The topological polar surface area (TPSA) is 89.9 Å². The molecule has 3 unspecified atom stereocenters. The number of hydrogen-bond acceptors (Lipinski definition) is 6. The molecule has 0 bridgehead atoms. The molecule has 1 N–H and O–H groups in total. The second-order valence-electron chi connectivity index (χ2n) is 10.7. The summed E-state index contributed by atoms with van der Waals surface area (Å²) in [6, 6.07) is 0. The maximum atomic E-state index is 12.6. The summed E-state index contributed by atoms with van der Waals surface area (Å²) >= 11 is 0. The summed E-state index contributed by atoms with van der Waals surface area (Å²) in [5, 5.41) is 9.57. The maximum Gasteiger partial charge on any atom is 0.302 e. The molecular weight excluding hydrogens is 396 g/mol. The number of ether oxygens (including phenoxy) is 2. The van der Waals surface area contributed by atoms with Gasteiger partial charge in [-0.3, -0.25) is 14.4 Å². The minimum absolute atomic E-state index is 0.00231. The molecule has 4 aliphatic rings. The van der Waals surface area contributed by atoms with Crippen LogP contribution in [0.2, 0.25) is 0 Å². The number of aliphatic hydroxyl groups is 1. The van der Waals surface area contributed by atoms with Crippen LogP contribution in [-0.2, 0) is 23.9 Å². The fraction of sp³-hybridized carbons (Fsp3) is 0.800. The molecule has 0 aliphatic heterocycles. The van der Waals surface area contributed by atoms with Gasteiger partial charge in [0.05, 0.1) is 0 Å². The number of allylic oxidation sites excluding steroid dienone is 1. The monoisotopic (exact) mass is 432 g/mol. The highest BCUT2D eigenvalue weighted by atomic mass is 16.5. The lowest BCUT2D eigenvalue weighted by atomic mass is 9.45. The van der Waals surface area contributed by atoms with Gasteiger partial charge in [-0.1, -0.05) is 25.5 Å². The van der Waals surface area contributed by atoms with E-state index >= 15 is 0 Å². The average molecular weight is 433 g/mol. The molecule has 0 aromatic carbocycles. The Morgan fingerprint density at radius 2 is 1.77 bits per heavy atom. The number of rotatable bonds is 4. The van der Waals surface area contributed by atoms with Crippen molar-refractivity contribution in [1.82, 2.24) is 0 Å². The van der Waals surface area contributed by atoms with Gasteiger partial charge in [-0.25, -0.2) is 0 Å². The summed E-state index contributed by atoms with van der Waals surface area (Å²) in [5.74, 6) is 0.208. The van der Waals surface area contributed by atoms with Gasteiger partial charge in [-0.15, -0.1) is 0 Å². The third-order valence-corrected chi connectivity index (χ3v) is 9.28. The second-order valence-corrected chi connectivity index (χ2v) is 10.7. The molecule has 6 heteroatoms.